The number of rotatable bonds is 7. The first kappa shape index (κ1) is 24.6. The van der Waals surface area contributed by atoms with E-state index in [1.54, 1.807) is 62.8 Å². The summed E-state index contributed by atoms with van der Waals surface area (Å²) < 4.78 is 8.96. The number of pyridine rings is 1. The molecule has 0 fully saturated rings. The van der Waals surface area contributed by atoms with E-state index in [0.29, 0.717) is 22.4 Å². The van der Waals surface area contributed by atoms with E-state index in [1.807, 2.05) is 6.07 Å². The van der Waals surface area contributed by atoms with Gasteiger partial charge in [0.2, 0.25) is 5.78 Å². The Labute approximate surface area is 205 Å². The average molecular weight is 491 g/mol. The van der Waals surface area contributed by atoms with Crippen LogP contribution < -0.4 is 17.0 Å². The Morgan fingerprint density at radius 1 is 1.08 bits per heavy atom. The number of Topliss-reactive ketones (excluding diaryl/α,β-unsaturated/α-hetero) is 1. The van der Waals surface area contributed by atoms with E-state index >= 15 is 0 Å². The Hall–Kier alpha value is -4.54. The van der Waals surface area contributed by atoms with Crippen LogP contribution in [0.3, 0.4) is 0 Å². The standard InChI is InChI=1S/C25H26N6O5/c1-5-30-23(33)20(21(26)31(25(30)35)12-16-9-7-6-8-10-16)18(32)13-36-24(34)17-11-14(2)27-22-19(17)15(3)28-29(22)4/h6-11H,5,12-13,26H2,1-4H3. The topological polar surface area (TPSA) is 144 Å². The summed E-state index contributed by atoms with van der Waals surface area (Å²) in [4.78, 5) is 56.3. The predicted molar refractivity (Wildman–Crippen MR) is 133 cm³/mol. The fourth-order valence-corrected chi connectivity index (χ4v) is 4.19. The molecule has 36 heavy (non-hydrogen) atoms. The molecule has 0 unspecified atom stereocenters. The third-order valence-corrected chi connectivity index (χ3v) is 5.90. The number of fused-ring (bicyclic) bond motifs is 1. The van der Waals surface area contributed by atoms with Crippen molar-refractivity contribution in [2.75, 3.05) is 12.3 Å². The monoisotopic (exact) mass is 490 g/mol. The molecule has 4 aromatic rings. The van der Waals surface area contributed by atoms with Gasteiger partial charge in [-0.05, 0) is 32.4 Å². The number of benzene rings is 1. The molecule has 3 heterocycles. The Balaban J connectivity index is 1.67. The van der Waals surface area contributed by atoms with Crippen LogP contribution in [0, 0.1) is 13.8 Å². The Morgan fingerprint density at radius 2 is 1.78 bits per heavy atom. The lowest BCUT2D eigenvalue weighted by molar-refractivity contribution is 0.0476. The van der Waals surface area contributed by atoms with Gasteiger partial charge in [0.05, 0.1) is 23.2 Å². The summed E-state index contributed by atoms with van der Waals surface area (Å²) in [6.07, 6.45) is 0. The lowest BCUT2D eigenvalue weighted by Crippen LogP contribution is -2.44. The van der Waals surface area contributed by atoms with Gasteiger partial charge in [0.1, 0.15) is 11.4 Å². The molecule has 0 radical (unpaired) electrons. The van der Waals surface area contributed by atoms with Gasteiger partial charge in [-0.15, -0.1) is 0 Å². The molecule has 0 aliphatic rings. The summed E-state index contributed by atoms with van der Waals surface area (Å²) in [6, 6.07) is 10.6. The second-order valence-electron chi connectivity index (χ2n) is 8.38. The lowest BCUT2D eigenvalue weighted by atomic mass is 10.1. The number of hydrogen-bond acceptors (Lipinski definition) is 8. The van der Waals surface area contributed by atoms with Crippen molar-refractivity contribution in [3.05, 3.63) is 85.3 Å². The largest absolute Gasteiger partial charge is 0.454 e. The smallest absolute Gasteiger partial charge is 0.339 e. The molecule has 11 heteroatoms. The van der Waals surface area contributed by atoms with Gasteiger partial charge in [0.25, 0.3) is 5.56 Å². The van der Waals surface area contributed by atoms with E-state index < -0.39 is 35.2 Å². The van der Waals surface area contributed by atoms with E-state index in [0.717, 1.165) is 10.1 Å². The molecule has 0 aliphatic carbocycles. The number of nitrogens with two attached hydrogens (primary N) is 1. The summed E-state index contributed by atoms with van der Waals surface area (Å²) in [5.41, 5.74) is 6.96. The minimum Gasteiger partial charge on any atom is -0.454 e. The molecule has 0 atom stereocenters. The van der Waals surface area contributed by atoms with E-state index in [2.05, 4.69) is 10.1 Å². The number of aromatic nitrogens is 5. The van der Waals surface area contributed by atoms with Crippen LogP contribution in [0.4, 0.5) is 5.82 Å². The molecule has 0 spiro atoms. The number of ether oxygens (including phenoxy) is 1. The van der Waals surface area contributed by atoms with Crippen molar-refractivity contribution in [3.63, 3.8) is 0 Å². The summed E-state index contributed by atoms with van der Waals surface area (Å²) in [5.74, 6) is -1.84. The lowest BCUT2D eigenvalue weighted by Gasteiger charge is -2.16. The van der Waals surface area contributed by atoms with Crippen molar-refractivity contribution in [2.45, 2.75) is 33.9 Å². The second kappa shape index (κ2) is 9.61. The Morgan fingerprint density at radius 3 is 2.44 bits per heavy atom. The molecule has 0 saturated carbocycles. The molecule has 1 aromatic carbocycles. The highest BCUT2D eigenvalue weighted by Gasteiger charge is 2.25. The number of carbonyl (C=O) groups excluding carboxylic acids is 2. The predicted octanol–water partition coefficient (Wildman–Crippen LogP) is 1.60. The van der Waals surface area contributed by atoms with Gasteiger partial charge in [0.15, 0.2) is 12.3 Å². The van der Waals surface area contributed by atoms with Crippen LogP contribution in [0.5, 0.6) is 0 Å². The summed E-state index contributed by atoms with van der Waals surface area (Å²) in [7, 11) is 1.71. The molecule has 3 aromatic heterocycles. The number of anilines is 1. The van der Waals surface area contributed by atoms with Gasteiger partial charge in [-0.1, -0.05) is 30.3 Å². The average Bonchev–Trinajstić information content (AvgIpc) is 3.13. The third kappa shape index (κ3) is 4.30. The van der Waals surface area contributed by atoms with Gasteiger partial charge in [-0.25, -0.2) is 14.6 Å². The van der Waals surface area contributed by atoms with Crippen molar-refractivity contribution in [1.82, 2.24) is 23.9 Å². The number of ketones is 1. The van der Waals surface area contributed by atoms with E-state index in [1.165, 1.54) is 4.57 Å². The number of nitrogen functional groups attached to an aromatic ring is 1. The van der Waals surface area contributed by atoms with Crippen LogP contribution in [0.25, 0.3) is 11.0 Å². The summed E-state index contributed by atoms with van der Waals surface area (Å²) in [5, 5.41) is 4.82. The number of carbonyl (C=O) groups is 2. The van der Waals surface area contributed by atoms with Gasteiger partial charge in [-0.3, -0.25) is 23.4 Å². The number of nitrogens with zero attached hydrogens (tertiary/aromatic N) is 5. The fourth-order valence-electron chi connectivity index (χ4n) is 4.19. The third-order valence-electron chi connectivity index (χ3n) is 5.90. The van der Waals surface area contributed by atoms with Crippen molar-refractivity contribution in [2.24, 2.45) is 7.05 Å². The van der Waals surface area contributed by atoms with Crippen molar-refractivity contribution in [1.29, 1.82) is 0 Å². The fraction of sp³-hybridized carbons (Fsp3) is 0.280. The molecule has 186 valence electrons. The van der Waals surface area contributed by atoms with Crippen LogP contribution in [0.1, 0.15) is 44.6 Å². The van der Waals surface area contributed by atoms with Gasteiger partial charge >= 0.3 is 11.7 Å². The van der Waals surface area contributed by atoms with Crippen LogP contribution in [-0.2, 0) is 24.9 Å². The summed E-state index contributed by atoms with van der Waals surface area (Å²) in [6.45, 7) is 4.47. The minimum atomic E-state index is -0.824. The van der Waals surface area contributed by atoms with Gasteiger partial charge < -0.3 is 10.5 Å². The molecule has 2 N–H and O–H groups in total. The number of hydrogen-bond donors (Lipinski definition) is 1. The van der Waals surface area contributed by atoms with E-state index in [-0.39, 0.29) is 24.5 Å². The van der Waals surface area contributed by atoms with Crippen LogP contribution in [-0.4, -0.2) is 42.3 Å². The molecular weight excluding hydrogens is 464 g/mol. The van der Waals surface area contributed by atoms with Crippen molar-refractivity contribution in [3.8, 4) is 0 Å². The zero-order chi connectivity index (χ0) is 26.1. The SMILES string of the molecule is CCn1c(=O)c(C(=O)COC(=O)c2cc(C)nc3c2c(C)nn3C)c(N)n(Cc2ccccc2)c1=O. The Kier molecular flexibility index (Phi) is 6.56. The zero-order valence-electron chi connectivity index (χ0n) is 20.4. The number of esters is 1. The maximum atomic E-state index is 13.1. The maximum absolute atomic E-state index is 13.1. The molecule has 4 rings (SSSR count). The minimum absolute atomic E-state index is 0.0430. The van der Waals surface area contributed by atoms with Crippen LogP contribution in [0.15, 0.2) is 46.0 Å². The van der Waals surface area contributed by atoms with Crippen LogP contribution in [0.2, 0.25) is 0 Å². The van der Waals surface area contributed by atoms with Crippen molar-refractivity contribution < 1.29 is 14.3 Å². The first-order chi connectivity index (χ1) is 17.1. The molecule has 0 saturated heterocycles. The van der Waals surface area contributed by atoms with E-state index in [4.69, 9.17) is 10.5 Å². The number of aryl methyl sites for hydroxylation is 3. The second-order valence-corrected chi connectivity index (χ2v) is 8.38. The highest BCUT2D eigenvalue weighted by molar-refractivity contribution is 6.06. The quantitative estimate of drug-likeness (QED) is 0.304. The highest BCUT2D eigenvalue weighted by Crippen LogP contribution is 2.22. The van der Waals surface area contributed by atoms with Gasteiger partial charge in [-0.2, -0.15) is 5.10 Å². The molecule has 0 bridgehead atoms. The first-order valence-electron chi connectivity index (χ1n) is 11.3. The van der Waals surface area contributed by atoms with E-state index in [9.17, 15) is 19.2 Å². The van der Waals surface area contributed by atoms with Crippen molar-refractivity contribution >= 4 is 28.6 Å². The molecular formula is C25H26N6O5. The molecule has 0 aliphatic heterocycles. The normalized spacial score (nSPS) is 11.1. The maximum Gasteiger partial charge on any atom is 0.339 e. The molecule has 11 nitrogen and oxygen atoms in total. The van der Waals surface area contributed by atoms with Crippen LogP contribution >= 0.6 is 0 Å². The van der Waals surface area contributed by atoms with Gasteiger partial charge in [0, 0.05) is 19.3 Å². The summed E-state index contributed by atoms with van der Waals surface area (Å²) >= 11 is 0. The highest BCUT2D eigenvalue weighted by atomic mass is 16.5. The zero-order valence-corrected chi connectivity index (χ0v) is 20.4. The first-order valence-corrected chi connectivity index (χ1v) is 11.3. The Bertz CT molecular complexity index is 1610. The molecule has 0 amide bonds.